The van der Waals surface area contributed by atoms with Crippen molar-refractivity contribution >= 4 is 5.78 Å². The van der Waals surface area contributed by atoms with Crippen LogP contribution < -0.4 is 0 Å². The zero-order valence-electron chi connectivity index (χ0n) is 7.16. The highest BCUT2D eigenvalue weighted by molar-refractivity contribution is 5.83. The summed E-state index contributed by atoms with van der Waals surface area (Å²) in [7, 11) is 1.35. The molecule has 1 rings (SSSR count). The molecule has 52 valence electrons. The van der Waals surface area contributed by atoms with E-state index >= 15 is 0 Å². The van der Waals surface area contributed by atoms with Crippen molar-refractivity contribution in [1.82, 2.24) is 0 Å². The van der Waals surface area contributed by atoms with E-state index in [4.69, 9.17) is 7.48 Å². The minimum atomic E-state index is -0.947. The minimum Gasteiger partial charge on any atom is -0.349 e. The summed E-state index contributed by atoms with van der Waals surface area (Å²) in [6.45, 7) is -0.0697. The molecule has 1 saturated heterocycles. The van der Waals surface area contributed by atoms with Crippen LogP contribution in [0.25, 0.3) is 0 Å². The lowest BCUT2D eigenvalue weighted by atomic mass is 10.2. The molecule has 0 aliphatic carbocycles. The van der Waals surface area contributed by atoms with Crippen molar-refractivity contribution in [1.29, 1.82) is 0 Å². The van der Waals surface area contributed by atoms with Gasteiger partial charge in [-0.1, -0.05) is 0 Å². The summed E-state index contributed by atoms with van der Waals surface area (Å²) in [6.07, 6.45) is -2.49. The summed E-state index contributed by atoms with van der Waals surface area (Å²) in [4.78, 5) is 11.0. The molecule has 0 spiro atoms. The molecular weight excluding hydrogens is 120 g/mol. The van der Waals surface area contributed by atoms with Crippen LogP contribution in [-0.2, 0) is 14.3 Å². The molecule has 1 aliphatic rings. The highest BCUT2D eigenvalue weighted by Crippen LogP contribution is 2.15. The molecule has 0 amide bonds. The van der Waals surface area contributed by atoms with Crippen LogP contribution in [0.15, 0.2) is 0 Å². The Bertz CT molecular complexity index is 158. The molecule has 1 heterocycles. The van der Waals surface area contributed by atoms with Crippen molar-refractivity contribution in [2.75, 3.05) is 7.11 Å². The Kier molecular flexibility index (Phi) is 1.20. The van der Waals surface area contributed by atoms with Crippen LogP contribution in [0.3, 0.4) is 0 Å². The predicted molar refractivity (Wildman–Crippen MR) is 31.0 cm³/mol. The van der Waals surface area contributed by atoms with Crippen molar-refractivity contribution in [3.05, 3.63) is 0 Å². The molecule has 3 atom stereocenters. The molecule has 0 radical (unpaired) electrons. The topological polar surface area (TPSA) is 35.5 Å². The largest absolute Gasteiger partial charge is 0.349 e. The second-order valence-electron chi connectivity index (χ2n) is 1.81. The highest BCUT2D eigenvalue weighted by Gasteiger charge is 2.30. The zero-order valence-corrected chi connectivity index (χ0v) is 5.16. The van der Waals surface area contributed by atoms with Crippen molar-refractivity contribution in [2.45, 2.75) is 25.7 Å². The van der Waals surface area contributed by atoms with Crippen molar-refractivity contribution in [2.24, 2.45) is 0 Å². The van der Waals surface area contributed by atoms with Crippen molar-refractivity contribution < 1.29 is 17.0 Å². The highest BCUT2D eigenvalue weighted by atomic mass is 16.7. The minimum absolute atomic E-state index is 0.0697. The third-order valence-corrected chi connectivity index (χ3v) is 1.09. The average Bonchev–Trinajstić information content (AvgIpc) is 2.30. The van der Waals surface area contributed by atoms with Crippen LogP contribution >= 0.6 is 0 Å². The fourth-order valence-corrected chi connectivity index (χ4v) is 0.699. The van der Waals surface area contributed by atoms with Gasteiger partial charge in [0.25, 0.3) is 0 Å². The number of ether oxygens (including phenoxy) is 2. The van der Waals surface area contributed by atoms with Gasteiger partial charge in [0.2, 0.25) is 6.29 Å². The summed E-state index contributed by atoms with van der Waals surface area (Å²) in [5, 5.41) is 0. The first-order chi connectivity index (χ1) is 5.20. The molecule has 0 aromatic carbocycles. The molecule has 1 fully saturated rings. The van der Waals surface area contributed by atoms with Gasteiger partial charge >= 0.3 is 0 Å². The van der Waals surface area contributed by atoms with E-state index in [-0.39, 0.29) is 12.7 Å². The normalized spacial score (nSPS) is 46.8. The Morgan fingerprint density at radius 1 is 2.11 bits per heavy atom. The van der Waals surface area contributed by atoms with Gasteiger partial charge in [-0.25, -0.2) is 0 Å². The number of hydrogen-bond donors (Lipinski definition) is 0. The van der Waals surface area contributed by atoms with Crippen molar-refractivity contribution in [3.8, 4) is 0 Å². The smallest absolute Gasteiger partial charge is 0.217 e. The Morgan fingerprint density at radius 3 is 3.22 bits per heavy atom. The van der Waals surface area contributed by atoms with E-state index in [0.29, 0.717) is 0 Å². The Balaban J connectivity index is 2.61. The second-order valence-corrected chi connectivity index (χ2v) is 1.81. The third-order valence-electron chi connectivity index (χ3n) is 1.09. The van der Waals surface area contributed by atoms with Gasteiger partial charge in [0.05, 0.1) is 6.10 Å². The second kappa shape index (κ2) is 2.45. The van der Waals surface area contributed by atoms with Crippen LogP contribution in [0, 0.1) is 0 Å². The first-order valence-corrected chi connectivity index (χ1v) is 2.64. The van der Waals surface area contributed by atoms with E-state index in [1.165, 1.54) is 7.11 Å². The van der Waals surface area contributed by atoms with Crippen LogP contribution in [-0.4, -0.2) is 25.3 Å². The lowest BCUT2D eigenvalue weighted by Crippen LogP contribution is -2.17. The quantitative estimate of drug-likeness (QED) is 0.516. The lowest BCUT2D eigenvalue weighted by Gasteiger charge is -2.04. The van der Waals surface area contributed by atoms with Gasteiger partial charge in [-0.2, -0.15) is 0 Å². The fourth-order valence-electron chi connectivity index (χ4n) is 0.699. The summed E-state index contributed by atoms with van der Waals surface area (Å²) < 4.78 is 23.8. The lowest BCUT2D eigenvalue weighted by molar-refractivity contribution is -0.149. The number of carbonyl (C=O) groups is 1. The molecule has 9 heavy (non-hydrogen) atoms. The molecular formula is C6H10O3. The fraction of sp³-hybridized carbons (Fsp3) is 0.833. The molecule has 0 aromatic heterocycles. The van der Waals surface area contributed by atoms with E-state index in [1.54, 1.807) is 0 Å². The average molecular weight is 132 g/mol. The monoisotopic (exact) mass is 132 g/mol. The third kappa shape index (κ3) is 1.28. The van der Waals surface area contributed by atoms with Gasteiger partial charge in [-0.05, 0) is 6.90 Å². The van der Waals surface area contributed by atoms with E-state index in [2.05, 4.69) is 4.74 Å². The van der Waals surface area contributed by atoms with Gasteiger partial charge in [0, 0.05) is 16.2 Å². The Morgan fingerprint density at radius 2 is 2.89 bits per heavy atom. The molecule has 0 unspecified atom stereocenters. The Hall–Kier alpha value is -0.410. The molecule has 0 N–H and O–H groups in total. The van der Waals surface area contributed by atoms with E-state index in [0.717, 1.165) is 0 Å². The number of methoxy groups -OCH3 is 1. The first kappa shape index (κ1) is 4.41. The van der Waals surface area contributed by atoms with Crippen LogP contribution in [0.5, 0.6) is 0 Å². The van der Waals surface area contributed by atoms with Gasteiger partial charge in [-0.15, -0.1) is 0 Å². The van der Waals surface area contributed by atoms with Gasteiger partial charge in [0.1, 0.15) is 0 Å². The van der Waals surface area contributed by atoms with Gasteiger partial charge in [-0.3, -0.25) is 4.79 Å². The molecule has 1 aliphatic heterocycles. The number of rotatable bonds is 1. The van der Waals surface area contributed by atoms with Gasteiger partial charge in [0.15, 0.2) is 5.78 Å². The zero-order chi connectivity index (χ0) is 8.43. The maximum Gasteiger partial charge on any atom is 0.217 e. The number of carbonyl (C=O) groups excluding carboxylic acids is 1. The summed E-state index contributed by atoms with van der Waals surface area (Å²) in [6, 6.07) is 0. The molecule has 0 saturated carbocycles. The van der Waals surface area contributed by atoms with Crippen LogP contribution in [0.2, 0.25) is 0 Å². The maximum absolute atomic E-state index is 11.0. The number of Topliss-reactive ketones (excluding diaryl/α,β-unsaturated/α-hetero) is 1. The summed E-state index contributed by atoms with van der Waals surface area (Å²) in [5.74, 6) is -0.384. The standard InChI is InChI=1S/C6H10O3/c1-4-3-5(7)6(8-2)9-4/h4,6H,3H2,1-2H3/t4-,6+/m1/s1/i1D,3D/t3-,4-,6+. The predicted octanol–water partition coefficient (Wildman–Crippen LogP) is 0.337. The molecule has 3 nitrogen and oxygen atoms in total. The Labute approximate surface area is 56.8 Å². The maximum atomic E-state index is 11.0. The first-order valence-electron chi connectivity index (χ1n) is 3.92. The van der Waals surface area contributed by atoms with E-state index in [9.17, 15) is 4.79 Å². The van der Waals surface area contributed by atoms with Crippen molar-refractivity contribution in [3.63, 3.8) is 0 Å². The molecule has 0 aromatic rings. The van der Waals surface area contributed by atoms with Crippen LogP contribution in [0.4, 0.5) is 0 Å². The molecule has 3 heteroatoms. The molecule has 0 bridgehead atoms. The van der Waals surface area contributed by atoms with E-state index in [1.807, 2.05) is 0 Å². The van der Waals surface area contributed by atoms with Gasteiger partial charge < -0.3 is 9.47 Å². The summed E-state index contributed by atoms with van der Waals surface area (Å²) in [5.41, 5.74) is 0. The number of ketones is 1. The van der Waals surface area contributed by atoms with E-state index < -0.39 is 18.8 Å². The van der Waals surface area contributed by atoms with Crippen LogP contribution in [0.1, 0.15) is 16.0 Å². The number of hydrogen-bond acceptors (Lipinski definition) is 3. The summed E-state index contributed by atoms with van der Waals surface area (Å²) >= 11 is 0. The SMILES string of the molecule is [2H]C[C@H]1O[C@H](OC)C(=O)[C@@H]1[2H].